The summed E-state index contributed by atoms with van der Waals surface area (Å²) in [6, 6.07) is 2.64. The number of carbonyl (C=O) groups is 5. The van der Waals surface area contributed by atoms with Crippen LogP contribution in [0.15, 0.2) is 52.8 Å². The number of esters is 1. The Balaban J connectivity index is 0.890. The summed E-state index contributed by atoms with van der Waals surface area (Å²) in [6.07, 6.45) is 12.6. The van der Waals surface area contributed by atoms with E-state index in [1.807, 2.05) is 19.0 Å². The molecule has 0 fully saturated rings. The molecule has 0 bridgehead atoms. The number of aromatic nitrogens is 7. The van der Waals surface area contributed by atoms with Crippen molar-refractivity contribution in [2.24, 2.45) is 5.92 Å². The second kappa shape index (κ2) is 25.4. The average molecular weight is 1100 g/mol. The maximum absolute atomic E-state index is 14.9. The Morgan fingerprint density at radius 2 is 1.74 bits per heavy atom. The highest BCUT2D eigenvalue weighted by atomic mass is 32.2. The lowest BCUT2D eigenvalue weighted by Gasteiger charge is -2.31. The molecule has 0 radical (unpaired) electrons. The Morgan fingerprint density at radius 3 is 2.45 bits per heavy atom. The van der Waals surface area contributed by atoms with Crippen LogP contribution in [0, 0.1) is 18.7 Å². The Kier molecular flexibility index (Phi) is 19.0. The standard InChI is InChI=1S/C53H67FN12O11S/c1-8-53(73)38-22-43-47-36(27-66(43)50(71)37(38)29-77-51(53)72)34(35-21-32(4)39(54)23-41(35)59-47)15-14-20-76-30-58-45(68)26-55-48(69)40(16-11-13-18-64(5)6)60-49(70)46(31(2)3)61-44(67)17-10-9-12-19-65-28-42(62-63-65)33-24-56-52(57-25-33)78(7,74)75/h14-15,21-25,28,31,40,46,73H,8-13,16-20,26-27,29-30H2,1-7H3,(H,55,69)(H,58,68)(H,60,70)(H,61,67)/b15-14+/t40-,46-,53-/m0/s1. The summed E-state index contributed by atoms with van der Waals surface area (Å²) >= 11 is 0. The predicted molar refractivity (Wildman–Crippen MR) is 284 cm³/mol. The minimum atomic E-state index is -3.54. The number of halogens is 1. The Bertz CT molecular complexity index is 3270. The molecule has 5 N–H and O–H groups in total. The summed E-state index contributed by atoms with van der Waals surface area (Å²) in [4.78, 5) is 94.4. The van der Waals surface area contributed by atoms with Gasteiger partial charge >= 0.3 is 5.97 Å². The highest BCUT2D eigenvalue weighted by molar-refractivity contribution is 7.90. The van der Waals surface area contributed by atoms with Crippen LogP contribution in [0.25, 0.3) is 39.6 Å². The summed E-state index contributed by atoms with van der Waals surface area (Å²) in [7, 11) is 0.324. The smallest absolute Gasteiger partial charge is 0.343 e. The number of hydrogen-bond donors (Lipinski definition) is 5. The van der Waals surface area contributed by atoms with E-state index in [0.717, 1.165) is 19.2 Å². The van der Waals surface area contributed by atoms with Crippen LogP contribution in [-0.4, -0.2) is 141 Å². The molecule has 78 heavy (non-hydrogen) atoms. The first-order chi connectivity index (χ1) is 37.1. The molecule has 2 aliphatic rings. The van der Waals surface area contributed by atoms with Crippen LogP contribution in [0.3, 0.4) is 0 Å². The van der Waals surface area contributed by atoms with E-state index in [2.05, 4.69) is 41.5 Å². The lowest BCUT2D eigenvalue weighted by atomic mass is 9.86. The fourth-order valence-corrected chi connectivity index (χ4v) is 9.70. The van der Waals surface area contributed by atoms with Crippen molar-refractivity contribution in [2.45, 2.75) is 122 Å². The molecule has 0 spiro atoms. The summed E-state index contributed by atoms with van der Waals surface area (Å²) in [5, 5.41) is 30.7. The molecule has 418 valence electrons. The number of ether oxygens (including phenoxy) is 2. The Labute approximate surface area is 450 Å². The van der Waals surface area contributed by atoms with Gasteiger partial charge in [-0.05, 0) is 95.3 Å². The molecule has 6 heterocycles. The van der Waals surface area contributed by atoms with Crippen LogP contribution < -0.4 is 26.8 Å². The summed E-state index contributed by atoms with van der Waals surface area (Å²) in [6.45, 7) is 7.30. The van der Waals surface area contributed by atoms with Gasteiger partial charge in [-0.1, -0.05) is 44.6 Å². The molecule has 0 unspecified atom stereocenters. The number of nitrogens with one attached hydrogen (secondary N) is 4. The first kappa shape index (κ1) is 58.3. The molecule has 0 saturated carbocycles. The number of pyridine rings is 2. The predicted octanol–water partition coefficient (Wildman–Crippen LogP) is 2.82. The lowest BCUT2D eigenvalue weighted by molar-refractivity contribution is -0.172. The van der Waals surface area contributed by atoms with Crippen molar-refractivity contribution in [1.82, 2.24) is 60.7 Å². The second-order valence-corrected chi connectivity index (χ2v) is 22.1. The maximum Gasteiger partial charge on any atom is 0.343 e. The zero-order chi connectivity index (χ0) is 56.5. The summed E-state index contributed by atoms with van der Waals surface area (Å²) in [5.41, 5.74) is 1.66. The van der Waals surface area contributed by atoms with Gasteiger partial charge in [-0.3, -0.25) is 28.7 Å². The van der Waals surface area contributed by atoms with Crippen LogP contribution in [0.4, 0.5) is 4.39 Å². The molecule has 0 aliphatic carbocycles. The van der Waals surface area contributed by atoms with Gasteiger partial charge in [0.25, 0.3) is 5.56 Å². The molecule has 2 aliphatic heterocycles. The number of unbranched alkanes of at least 4 members (excludes halogenated alkanes) is 3. The lowest BCUT2D eigenvalue weighted by Crippen LogP contribution is -2.56. The zero-order valence-electron chi connectivity index (χ0n) is 44.9. The minimum Gasteiger partial charge on any atom is -0.458 e. The van der Waals surface area contributed by atoms with E-state index in [1.54, 1.807) is 62.9 Å². The van der Waals surface area contributed by atoms with Gasteiger partial charge < -0.3 is 45.3 Å². The molecule has 23 nitrogen and oxygen atoms in total. The highest BCUT2D eigenvalue weighted by Crippen LogP contribution is 2.41. The van der Waals surface area contributed by atoms with Gasteiger partial charge in [0.15, 0.2) is 5.60 Å². The maximum atomic E-state index is 14.9. The molecular weight excluding hydrogens is 1030 g/mol. The fourth-order valence-electron chi connectivity index (χ4n) is 9.21. The molecular formula is C53H67FN12O11S. The normalized spacial score (nSPS) is 15.7. The average Bonchev–Trinajstić information content (AvgIpc) is 4.03. The monoisotopic (exact) mass is 1100 g/mol. The van der Waals surface area contributed by atoms with Gasteiger partial charge in [-0.15, -0.1) is 5.10 Å². The zero-order valence-corrected chi connectivity index (χ0v) is 45.7. The number of rotatable bonds is 26. The van der Waals surface area contributed by atoms with Crippen molar-refractivity contribution in [2.75, 3.05) is 46.8 Å². The van der Waals surface area contributed by atoms with Gasteiger partial charge in [0.05, 0.1) is 48.4 Å². The third-order valence-corrected chi connectivity index (χ3v) is 14.5. The van der Waals surface area contributed by atoms with E-state index >= 15 is 0 Å². The van der Waals surface area contributed by atoms with Gasteiger partial charge in [0, 0.05) is 59.8 Å². The van der Waals surface area contributed by atoms with E-state index in [0.29, 0.717) is 82.5 Å². The van der Waals surface area contributed by atoms with Crippen molar-refractivity contribution in [3.63, 3.8) is 0 Å². The Hall–Kier alpha value is -7.35. The topological polar surface area (TPSA) is 301 Å². The molecule has 0 saturated heterocycles. The minimum absolute atomic E-state index is 0.0156. The number of amides is 4. The van der Waals surface area contributed by atoms with E-state index in [-0.39, 0.29) is 73.9 Å². The van der Waals surface area contributed by atoms with Crippen LogP contribution in [0.2, 0.25) is 0 Å². The third kappa shape index (κ3) is 13.8. The van der Waals surface area contributed by atoms with Crippen molar-refractivity contribution in [1.29, 1.82) is 0 Å². The quantitative estimate of drug-likeness (QED) is 0.0226. The highest BCUT2D eigenvalue weighted by Gasteiger charge is 2.45. The summed E-state index contributed by atoms with van der Waals surface area (Å²) in [5.74, 6) is -3.61. The SMILES string of the molecule is CC[C@@]1(O)C(=O)OCc2c1cc1n(c2=O)Cc2c-1nc1cc(F)c(C)cc1c2/C=C/COCNC(=O)CNC(=O)[C@H](CCCCN(C)C)NC(=O)[C@@H](NC(=O)CCCCCn1cc(-c2cnc(S(C)(=O)=O)nc2)nn1)C(C)C. The van der Waals surface area contributed by atoms with E-state index < -0.39 is 69.1 Å². The van der Waals surface area contributed by atoms with Crippen LogP contribution in [0.5, 0.6) is 0 Å². The summed E-state index contributed by atoms with van der Waals surface area (Å²) < 4.78 is 52.3. The number of hydrogen-bond acceptors (Lipinski definition) is 17. The molecule has 3 atom stereocenters. The molecule has 1 aromatic carbocycles. The van der Waals surface area contributed by atoms with Crippen molar-refractivity contribution < 1.29 is 51.4 Å². The second-order valence-electron chi connectivity index (χ2n) is 20.2. The molecule has 4 amide bonds. The van der Waals surface area contributed by atoms with Gasteiger partial charge in [-0.25, -0.2) is 32.6 Å². The first-order valence-corrected chi connectivity index (χ1v) is 27.7. The third-order valence-electron chi connectivity index (χ3n) is 13.6. The molecule has 25 heteroatoms. The van der Waals surface area contributed by atoms with Crippen molar-refractivity contribution in [3.05, 3.63) is 86.9 Å². The number of carbonyl (C=O) groups excluding carboxylic acids is 5. The number of aryl methyl sites for hydroxylation is 2. The Morgan fingerprint density at radius 1 is 0.987 bits per heavy atom. The van der Waals surface area contributed by atoms with E-state index in [1.165, 1.54) is 23.0 Å². The largest absolute Gasteiger partial charge is 0.458 e. The van der Waals surface area contributed by atoms with Crippen molar-refractivity contribution >= 4 is 56.4 Å². The molecule has 5 aromatic rings. The number of cyclic esters (lactones) is 1. The number of aliphatic hydroxyl groups is 1. The molecule has 4 aromatic heterocycles. The number of nitrogens with zero attached hydrogens (tertiary/aromatic N) is 8. The van der Waals surface area contributed by atoms with Crippen molar-refractivity contribution in [3.8, 4) is 22.6 Å². The number of benzene rings is 1. The fraction of sp³-hybridized carbons (Fsp3) is 0.491. The first-order valence-electron chi connectivity index (χ1n) is 25.8. The van der Waals surface area contributed by atoms with Crippen LogP contribution in [0.1, 0.15) is 100.0 Å². The number of fused-ring (bicyclic) bond motifs is 5. The van der Waals surface area contributed by atoms with E-state index in [9.17, 15) is 46.7 Å². The van der Waals surface area contributed by atoms with Crippen LogP contribution >= 0.6 is 0 Å². The van der Waals surface area contributed by atoms with E-state index in [4.69, 9.17) is 14.5 Å². The van der Waals surface area contributed by atoms with Gasteiger partial charge in [0.1, 0.15) is 36.9 Å². The molecule has 7 rings (SSSR count). The number of sulfone groups is 1. The van der Waals surface area contributed by atoms with Crippen LogP contribution in [-0.2, 0) is 68.6 Å². The van der Waals surface area contributed by atoms with Gasteiger partial charge in [-0.2, -0.15) is 0 Å². The van der Waals surface area contributed by atoms with Gasteiger partial charge in [0.2, 0.25) is 38.6 Å².